The van der Waals surface area contributed by atoms with Crippen LogP contribution in [0.25, 0.3) is 0 Å². The Balaban J connectivity index is 1.56. The fourth-order valence-corrected chi connectivity index (χ4v) is 3.32. The average Bonchev–Trinajstić information content (AvgIpc) is 2.96. The monoisotopic (exact) mass is 299 g/mol. The van der Waals surface area contributed by atoms with E-state index in [-0.39, 0.29) is 0 Å². The van der Waals surface area contributed by atoms with Crippen LogP contribution in [0.3, 0.4) is 0 Å². The van der Waals surface area contributed by atoms with Gasteiger partial charge in [0.1, 0.15) is 0 Å². The summed E-state index contributed by atoms with van der Waals surface area (Å²) in [5.74, 6) is 0.973. The van der Waals surface area contributed by atoms with Gasteiger partial charge in [-0.1, -0.05) is 42.4 Å². The molecule has 22 heavy (non-hydrogen) atoms. The van der Waals surface area contributed by atoms with Crippen molar-refractivity contribution in [2.45, 2.75) is 32.9 Å². The molecule has 0 unspecified atom stereocenters. The predicted octanol–water partition coefficient (Wildman–Crippen LogP) is 3.25. The van der Waals surface area contributed by atoms with Crippen molar-refractivity contribution in [3.8, 4) is 0 Å². The van der Waals surface area contributed by atoms with Crippen molar-refractivity contribution in [2.75, 3.05) is 26.2 Å². The molecule has 0 amide bonds. The van der Waals surface area contributed by atoms with Gasteiger partial charge < -0.3 is 4.52 Å². The number of nitrogens with zero attached hydrogens (tertiary/aromatic N) is 3. The summed E-state index contributed by atoms with van der Waals surface area (Å²) in [6.45, 7) is 9.52. The average molecular weight is 299 g/mol. The SMILES string of the molecule is CC[C@@H](c1ccccc1)N1CCN(Cc2cc(C)no2)CC1. The summed E-state index contributed by atoms with van der Waals surface area (Å²) in [5.41, 5.74) is 2.40. The lowest BCUT2D eigenvalue weighted by Crippen LogP contribution is -2.47. The Hall–Kier alpha value is -1.65. The van der Waals surface area contributed by atoms with E-state index in [2.05, 4.69) is 52.2 Å². The highest BCUT2D eigenvalue weighted by molar-refractivity contribution is 5.19. The molecule has 118 valence electrons. The lowest BCUT2D eigenvalue weighted by molar-refractivity contribution is 0.0841. The molecule has 0 radical (unpaired) electrons. The fourth-order valence-electron chi connectivity index (χ4n) is 3.32. The minimum Gasteiger partial charge on any atom is -0.360 e. The van der Waals surface area contributed by atoms with E-state index < -0.39 is 0 Å². The van der Waals surface area contributed by atoms with E-state index in [4.69, 9.17) is 4.52 Å². The van der Waals surface area contributed by atoms with Crippen molar-refractivity contribution in [3.05, 3.63) is 53.4 Å². The summed E-state index contributed by atoms with van der Waals surface area (Å²) >= 11 is 0. The third-order valence-electron chi connectivity index (χ3n) is 4.47. The van der Waals surface area contributed by atoms with Gasteiger partial charge in [-0.15, -0.1) is 0 Å². The van der Waals surface area contributed by atoms with Crippen LogP contribution in [0.1, 0.15) is 36.4 Å². The predicted molar refractivity (Wildman–Crippen MR) is 87.6 cm³/mol. The smallest absolute Gasteiger partial charge is 0.150 e. The van der Waals surface area contributed by atoms with Crippen molar-refractivity contribution in [3.63, 3.8) is 0 Å². The maximum atomic E-state index is 5.33. The first-order chi connectivity index (χ1) is 10.8. The number of rotatable bonds is 5. The van der Waals surface area contributed by atoms with Gasteiger partial charge in [0, 0.05) is 38.3 Å². The first-order valence-corrected chi connectivity index (χ1v) is 8.20. The molecular formula is C18H25N3O. The van der Waals surface area contributed by atoms with E-state index in [0.717, 1.165) is 50.6 Å². The van der Waals surface area contributed by atoms with Crippen LogP contribution in [0.2, 0.25) is 0 Å². The van der Waals surface area contributed by atoms with E-state index in [1.54, 1.807) is 0 Å². The molecule has 1 aliphatic rings. The normalized spacial score (nSPS) is 18.5. The molecule has 2 aromatic rings. The molecular weight excluding hydrogens is 274 g/mol. The second-order valence-corrected chi connectivity index (χ2v) is 6.08. The van der Waals surface area contributed by atoms with Crippen molar-refractivity contribution in [1.29, 1.82) is 0 Å². The van der Waals surface area contributed by atoms with E-state index >= 15 is 0 Å². The van der Waals surface area contributed by atoms with Gasteiger partial charge in [0.15, 0.2) is 5.76 Å². The number of aryl methyl sites for hydroxylation is 1. The highest BCUT2D eigenvalue weighted by Gasteiger charge is 2.24. The van der Waals surface area contributed by atoms with Crippen molar-refractivity contribution in [2.24, 2.45) is 0 Å². The van der Waals surface area contributed by atoms with Crippen molar-refractivity contribution < 1.29 is 4.52 Å². The highest BCUT2D eigenvalue weighted by atomic mass is 16.5. The fraction of sp³-hybridized carbons (Fsp3) is 0.500. The topological polar surface area (TPSA) is 32.5 Å². The molecule has 4 heteroatoms. The van der Waals surface area contributed by atoms with Crippen LogP contribution in [0, 0.1) is 6.92 Å². The Morgan fingerprint density at radius 1 is 1.14 bits per heavy atom. The summed E-state index contributed by atoms with van der Waals surface area (Å²) < 4.78 is 5.33. The van der Waals surface area contributed by atoms with Gasteiger partial charge in [-0.2, -0.15) is 0 Å². The molecule has 1 aliphatic heterocycles. The lowest BCUT2D eigenvalue weighted by atomic mass is 10.0. The zero-order valence-electron chi connectivity index (χ0n) is 13.5. The van der Waals surface area contributed by atoms with Crippen LogP contribution in [0.4, 0.5) is 0 Å². The summed E-state index contributed by atoms with van der Waals surface area (Å²) in [6, 6.07) is 13.4. The molecule has 1 saturated heterocycles. The van der Waals surface area contributed by atoms with Crippen LogP contribution < -0.4 is 0 Å². The number of hydrogen-bond donors (Lipinski definition) is 0. The lowest BCUT2D eigenvalue weighted by Gasteiger charge is -2.39. The first kappa shape index (κ1) is 15.3. The molecule has 0 saturated carbocycles. The molecule has 3 rings (SSSR count). The first-order valence-electron chi connectivity index (χ1n) is 8.20. The summed E-state index contributed by atoms with van der Waals surface area (Å²) in [5, 5.41) is 3.97. The Labute approximate surface area is 132 Å². The minimum atomic E-state index is 0.538. The molecule has 1 aromatic heterocycles. The van der Waals surface area contributed by atoms with Crippen molar-refractivity contribution >= 4 is 0 Å². The number of hydrogen-bond acceptors (Lipinski definition) is 4. The number of piperazine rings is 1. The largest absolute Gasteiger partial charge is 0.360 e. The molecule has 1 aromatic carbocycles. The van der Waals surface area contributed by atoms with E-state index in [1.165, 1.54) is 5.56 Å². The maximum absolute atomic E-state index is 5.33. The van der Waals surface area contributed by atoms with Crippen molar-refractivity contribution in [1.82, 2.24) is 15.0 Å². The van der Waals surface area contributed by atoms with Gasteiger partial charge in [-0.05, 0) is 18.9 Å². The van der Waals surface area contributed by atoms with Crippen LogP contribution in [0.15, 0.2) is 40.9 Å². The van der Waals surface area contributed by atoms with Gasteiger partial charge >= 0.3 is 0 Å². The zero-order valence-corrected chi connectivity index (χ0v) is 13.5. The van der Waals surface area contributed by atoms with Gasteiger partial charge in [-0.25, -0.2) is 0 Å². The van der Waals surface area contributed by atoms with E-state index in [9.17, 15) is 0 Å². The summed E-state index contributed by atoms with van der Waals surface area (Å²) in [4.78, 5) is 5.06. The van der Waals surface area contributed by atoms with Gasteiger partial charge in [0.05, 0.1) is 12.2 Å². The summed E-state index contributed by atoms with van der Waals surface area (Å²) in [7, 11) is 0. The van der Waals surface area contributed by atoms with E-state index in [1.807, 2.05) is 13.0 Å². The standard InChI is InChI=1S/C18H25N3O/c1-3-18(16-7-5-4-6-8-16)21-11-9-20(10-12-21)14-17-13-15(2)19-22-17/h4-8,13,18H,3,9-12,14H2,1-2H3/t18-/m0/s1. The van der Waals surface area contributed by atoms with Crippen LogP contribution in [0.5, 0.6) is 0 Å². The second kappa shape index (κ2) is 7.07. The molecule has 1 atom stereocenters. The molecule has 0 aliphatic carbocycles. The van der Waals surface area contributed by atoms with Crippen LogP contribution >= 0.6 is 0 Å². The second-order valence-electron chi connectivity index (χ2n) is 6.08. The highest BCUT2D eigenvalue weighted by Crippen LogP contribution is 2.25. The van der Waals surface area contributed by atoms with E-state index in [0.29, 0.717) is 6.04 Å². The Morgan fingerprint density at radius 3 is 2.45 bits per heavy atom. The van der Waals surface area contributed by atoms with Gasteiger partial charge in [-0.3, -0.25) is 9.80 Å². The third kappa shape index (κ3) is 3.57. The van der Waals surface area contributed by atoms with Crippen LogP contribution in [-0.4, -0.2) is 41.1 Å². The Morgan fingerprint density at radius 2 is 1.86 bits per heavy atom. The summed E-state index contributed by atoms with van der Waals surface area (Å²) in [6.07, 6.45) is 1.16. The third-order valence-corrected chi connectivity index (χ3v) is 4.47. The quantitative estimate of drug-likeness (QED) is 0.848. The molecule has 0 N–H and O–H groups in total. The molecule has 2 heterocycles. The number of benzene rings is 1. The zero-order chi connectivity index (χ0) is 15.4. The Bertz CT molecular complexity index is 573. The van der Waals surface area contributed by atoms with Crippen LogP contribution in [-0.2, 0) is 6.54 Å². The van der Waals surface area contributed by atoms with Gasteiger partial charge in [0.25, 0.3) is 0 Å². The molecule has 0 bridgehead atoms. The molecule has 0 spiro atoms. The maximum Gasteiger partial charge on any atom is 0.150 e. The Kier molecular flexibility index (Phi) is 4.90. The molecule has 1 fully saturated rings. The minimum absolute atomic E-state index is 0.538. The molecule has 4 nitrogen and oxygen atoms in total. The van der Waals surface area contributed by atoms with Gasteiger partial charge in [0.2, 0.25) is 0 Å². The number of aromatic nitrogens is 1.